The van der Waals surface area contributed by atoms with Crippen LogP contribution in [0, 0.1) is 0 Å². The first kappa shape index (κ1) is 25.5. The second-order valence-corrected chi connectivity index (χ2v) is 9.27. The van der Waals surface area contributed by atoms with E-state index in [4.69, 9.17) is 9.47 Å². The zero-order valence-corrected chi connectivity index (χ0v) is 21.0. The van der Waals surface area contributed by atoms with Gasteiger partial charge in [0.15, 0.2) is 0 Å². The van der Waals surface area contributed by atoms with E-state index in [9.17, 15) is 14.4 Å². The topological polar surface area (TPSA) is 109 Å². The van der Waals surface area contributed by atoms with Crippen molar-refractivity contribution in [2.75, 3.05) is 25.5 Å². The summed E-state index contributed by atoms with van der Waals surface area (Å²) in [6.07, 6.45) is 1.03. The molecular formula is C27H34N4O5. The Bertz CT molecular complexity index is 1090. The van der Waals surface area contributed by atoms with Gasteiger partial charge in [-0.15, -0.1) is 0 Å². The van der Waals surface area contributed by atoms with Gasteiger partial charge in [-0.25, -0.2) is 4.79 Å². The molecule has 1 saturated heterocycles. The number of urea groups is 1. The third kappa shape index (κ3) is 5.96. The fourth-order valence-electron chi connectivity index (χ4n) is 4.77. The first-order valence-corrected chi connectivity index (χ1v) is 12.4. The number of likely N-dealkylation sites (N-methyl/N-ethyl adjacent to an activating group) is 1. The van der Waals surface area contributed by atoms with Crippen molar-refractivity contribution in [1.82, 2.24) is 15.5 Å². The number of amides is 4. The minimum absolute atomic E-state index is 0.0662. The number of hydrogen-bond acceptors (Lipinski definition) is 5. The summed E-state index contributed by atoms with van der Waals surface area (Å²) in [5.74, 6) is 0.172. The van der Waals surface area contributed by atoms with E-state index in [1.54, 1.807) is 30.1 Å². The van der Waals surface area contributed by atoms with Crippen molar-refractivity contribution in [2.45, 2.75) is 57.4 Å². The molecule has 9 nitrogen and oxygen atoms in total. The minimum atomic E-state index is -0.349. The summed E-state index contributed by atoms with van der Waals surface area (Å²) >= 11 is 0. The monoisotopic (exact) mass is 494 g/mol. The molecule has 0 radical (unpaired) electrons. The Hall–Kier alpha value is -3.59. The van der Waals surface area contributed by atoms with Crippen LogP contribution in [0.15, 0.2) is 48.5 Å². The highest BCUT2D eigenvalue weighted by Crippen LogP contribution is 2.32. The van der Waals surface area contributed by atoms with E-state index in [0.29, 0.717) is 36.4 Å². The lowest BCUT2D eigenvalue weighted by molar-refractivity contribution is -0.134. The molecule has 192 valence electrons. The zero-order valence-electron chi connectivity index (χ0n) is 21.0. The van der Waals surface area contributed by atoms with Crippen molar-refractivity contribution in [3.63, 3.8) is 0 Å². The van der Waals surface area contributed by atoms with Gasteiger partial charge in [0.1, 0.15) is 18.5 Å². The fraction of sp³-hybridized carbons (Fsp3) is 0.444. The number of nitrogens with zero attached hydrogens (tertiary/aromatic N) is 1. The van der Waals surface area contributed by atoms with Crippen LogP contribution in [0.3, 0.4) is 0 Å². The number of fused-ring (bicyclic) bond motifs is 2. The molecule has 4 amide bonds. The standard InChI is InChI=1S/C27H34N4O5/c1-4-28-27(34)30-19-10-13-23-21(14-19)26(33)31(3)22-12-11-20(36-24(22)16-35-23)15-25(32)29-17(2)18-8-6-5-7-9-18/h5-10,13-14,17,20,22,24H,4,11-12,15-16H2,1-3H3,(H,29,32)(H2,28,30,34)/t17-,20-,22+,24+/m1/s1. The molecule has 9 heteroatoms. The van der Waals surface area contributed by atoms with Crippen LogP contribution >= 0.6 is 0 Å². The number of ether oxygens (including phenoxy) is 2. The maximum absolute atomic E-state index is 13.3. The molecule has 0 saturated carbocycles. The van der Waals surface area contributed by atoms with Gasteiger partial charge in [-0.1, -0.05) is 30.3 Å². The van der Waals surface area contributed by atoms with Gasteiger partial charge >= 0.3 is 6.03 Å². The van der Waals surface area contributed by atoms with E-state index >= 15 is 0 Å². The molecule has 2 aromatic rings. The maximum atomic E-state index is 13.3. The lowest BCUT2D eigenvalue weighted by Gasteiger charge is -2.42. The number of carbonyl (C=O) groups excluding carboxylic acids is 3. The van der Waals surface area contributed by atoms with E-state index in [2.05, 4.69) is 16.0 Å². The highest BCUT2D eigenvalue weighted by molar-refractivity contribution is 5.99. The first-order chi connectivity index (χ1) is 17.4. The number of benzene rings is 2. The van der Waals surface area contributed by atoms with Gasteiger partial charge in [-0.3, -0.25) is 9.59 Å². The molecule has 0 aliphatic carbocycles. The summed E-state index contributed by atoms with van der Waals surface area (Å²) in [5, 5.41) is 8.44. The third-order valence-corrected chi connectivity index (χ3v) is 6.70. The van der Waals surface area contributed by atoms with Crippen molar-refractivity contribution in [3.05, 3.63) is 59.7 Å². The normalized spacial score (nSPS) is 22.1. The number of nitrogens with one attached hydrogen (secondary N) is 3. The predicted molar refractivity (Wildman–Crippen MR) is 136 cm³/mol. The molecule has 0 bridgehead atoms. The molecule has 3 N–H and O–H groups in total. The molecule has 0 aromatic heterocycles. The average molecular weight is 495 g/mol. The smallest absolute Gasteiger partial charge is 0.319 e. The SMILES string of the molecule is CCNC(=O)Nc1ccc2c(c1)C(=O)N(C)[C@H]1CC[C@H](CC(=O)N[C@H](C)c3ccccc3)O[C@H]1CO2. The first-order valence-electron chi connectivity index (χ1n) is 12.4. The Morgan fingerprint density at radius 3 is 2.67 bits per heavy atom. The fourth-order valence-corrected chi connectivity index (χ4v) is 4.77. The van der Waals surface area contributed by atoms with Crippen LogP contribution in [0.5, 0.6) is 5.75 Å². The van der Waals surface area contributed by atoms with Crippen molar-refractivity contribution in [2.24, 2.45) is 0 Å². The van der Waals surface area contributed by atoms with Gasteiger partial charge in [-0.05, 0) is 50.5 Å². The molecule has 1 fully saturated rings. The highest BCUT2D eigenvalue weighted by atomic mass is 16.5. The zero-order chi connectivity index (χ0) is 25.7. The summed E-state index contributed by atoms with van der Waals surface area (Å²) in [4.78, 5) is 39.6. The number of rotatable bonds is 6. The van der Waals surface area contributed by atoms with E-state index < -0.39 is 0 Å². The van der Waals surface area contributed by atoms with E-state index in [-0.39, 0.29) is 55.2 Å². The van der Waals surface area contributed by atoms with Gasteiger partial charge in [0.2, 0.25) is 5.91 Å². The van der Waals surface area contributed by atoms with E-state index in [1.807, 2.05) is 44.2 Å². The van der Waals surface area contributed by atoms with Crippen molar-refractivity contribution in [3.8, 4) is 5.75 Å². The molecule has 0 unspecified atom stereocenters. The van der Waals surface area contributed by atoms with Crippen LogP contribution < -0.4 is 20.7 Å². The lowest BCUT2D eigenvalue weighted by Crippen LogP contribution is -2.54. The highest BCUT2D eigenvalue weighted by Gasteiger charge is 2.39. The number of carbonyl (C=O) groups is 3. The molecule has 36 heavy (non-hydrogen) atoms. The average Bonchev–Trinajstić information content (AvgIpc) is 2.87. The largest absolute Gasteiger partial charge is 0.490 e. The summed E-state index contributed by atoms with van der Waals surface area (Å²) in [6.45, 7) is 4.55. The van der Waals surface area contributed by atoms with Gasteiger partial charge in [-0.2, -0.15) is 0 Å². The molecule has 2 aliphatic heterocycles. The van der Waals surface area contributed by atoms with Gasteiger partial charge in [0.25, 0.3) is 5.91 Å². The summed E-state index contributed by atoms with van der Waals surface area (Å²) in [5.41, 5.74) is 1.95. The Labute approximate surface area is 211 Å². The quantitative estimate of drug-likeness (QED) is 0.570. The molecule has 2 heterocycles. The molecule has 2 aromatic carbocycles. The lowest BCUT2D eigenvalue weighted by atomic mass is 9.94. The van der Waals surface area contributed by atoms with Crippen molar-refractivity contribution < 1.29 is 23.9 Å². The van der Waals surface area contributed by atoms with Gasteiger partial charge in [0.05, 0.1) is 30.2 Å². The molecule has 4 rings (SSSR count). The molecule has 2 aliphatic rings. The van der Waals surface area contributed by atoms with Crippen molar-refractivity contribution >= 4 is 23.5 Å². The van der Waals surface area contributed by atoms with Crippen LogP contribution in [0.4, 0.5) is 10.5 Å². The Kier molecular flexibility index (Phi) is 8.10. The Balaban J connectivity index is 1.39. The van der Waals surface area contributed by atoms with Gasteiger partial charge < -0.3 is 30.3 Å². The van der Waals surface area contributed by atoms with Gasteiger partial charge in [0, 0.05) is 19.3 Å². The number of anilines is 1. The molecule has 0 spiro atoms. The number of hydrogen-bond donors (Lipinski definition) is 3. The van der Waals surface area contributed by atoms with Crippen LogP contribution in [0.1, 0.15) is 55.1 Å². The van der Waals surface area contributed by atoms with Crippen LogP contribution in [0.25, 0.3) is 0 Å². The molecule has 4 atom stereocenters. The summed E-state index contributed by atoms with van der Waals surface area (Å²) < 4.78 is 12.3. The summed E-state index contributed by atoms with van der Waals surface area (Å²) in [6, 6.07) is 14.2. The third-order valence-electron chi connectivity index (χ3n) is 6.70. The Morgan fingerprint density at radius 1 is 1.14 bits per heavy atom. The van der Waals surface area contributed by atoms with E-state index in [1.165, 1.54) is 0 Å². The summed E-state index contributed by atoms with van der Waals surface area (Å²) in [7, 11) is 1.76. The van der Waals surface area contributed by atoms with E-state index in [0.717, 1.165) is 5.56 Å². The second-order valence-electron chi connectivity index (χ2n) is 9.27. The predicted octanol–water partition coefficient (Wildman–Crippen LogP) is 3.48. The minimum Gasteiger partial charge on any atom is -0.490 e. The Morgan fingerprint density at radius 2 is 1.92 bits per heavy atom. The van der Waals surface area contributed by atoms with Crippen LogP contribution in [-0.2, 0) is 9.53 Å². The van der Waals surface area contributed by atoms with Crippen molar-refractivity contribution in [1.29, 1.82) is 0 Å². The van der Waals surface area contributed by atoms with Crippen LogP contribution in [0.2, 0.25) is 0 Å². The maximum Gasteiger partial charge on any atom is 0.319 e. The van der Waals surface area contributed by atoms with Crippen LogP contribution in [-0.4, -0.2) is 61.2 Å². The second kappa shape index (κ2) is 11.4. The molecular weight excluding hydrogens is 460 g/mol.